The summed E-state index contributed by atoms with van der Waals surface area (Å²) in [5.41, 5.74) is 4.92. The van der Waals surface area contributed by atoms with E-state index in [9.17, 15) is 4.39 Å². The van der Waals surface area contributed by atoms with Crippen LogP contribution < -0.4 is 0 Å². The number of aryl methyl sites for hydroxylation is 1. The Morgan fingerprint density at radius 1 is 1.30 bits per heavy atom. The average molecular weight is 406 g/mol. The van der Waals surface area contributed by atoms with Gasteiger partial charge >= 0.3 is 0 Å². The van der Waals surface area contributed by atoms with Gasteiger partial charge in [-0.1, -0.05) is 25.3 Å². The van der Waals surface area contributed by atoms with Gasteiger partial charge in [0.05, 0.1) is 17.6 Å². The zero-order valence-electron chi connectivity index (χ0n) is 18.0. The van der Waals surface area contributed by atoms with Crippen molar-refractivity contribution in [3.8, 4) is 11.3 Å². The number of methoxy groups -OCH3 is 1. The summed E-state index contributed by atoms with van der Waals surface area (Å²) in [6.07, 6.45) is 9.98. The molecule has 0 radical (unpaired) electrons. The highest BCUT2D eigenvalue weighted by atomic mass is 19.1. The molecular weight excluding hydrogens is 377 g/mol. The SMILES string of the molecule is C=Cc1ccnc(-c2cc(C)c(F)cc2C2CC=C2O/C(C)=C\C(C)OC)c1C=C. The molecule has 3 nitrogen and oxygen atoms in total. The van der Waals surface area contributed by atoms with Gasteiger partial charge in [-0.15, -0.1) is 0 Å². The summed E-state index contributed by atoms with van der Waals surface area (Å²) in [5.74, 6) is 1.30. The summed E-state index contributed by atoms with van der Waals surface area (Å²) >= 11 is 0. The first-order valence-corrected chi connectivity index (χ1v) is 10.0. The van der Waals surface area contributed by atoms with E-state index in [-0.39, 0.29) is 17.8 Å². The number of benzene rings is 1. The smallest absolute Gasteiger partial charge is 0.126 e. The molecule has 0 saturated heterocycles. The van der Waals surface area contributed by atoms with Crippen LogP contribution in [-0.2, 0) is 9.47 Å². The first-order valence-electron chi connectivity index (χ1n) is 10.0. The molecule has 1 aliphatic rings. The number of allylic oxidation sites excluding steroid dienone is 3. The van der Waals surface area contributed by atoms with Crippen LogP contribution in [0.5, 0.6) is 0 Å². The van der Waals surface area contributed by atoms with Crippen LogP contribution >= 0.6 is 0 Å². The maximum atomic E-state index is 14.6. The Morgan fingerprint density at radius 2 is 2.07 bits per heavy atom. The Balaban J connectivity index is 2.05. The lowest BCUT2D eigenvalue weighted by atomic mass is 9.80. The molecule has 2 unspecified atom stereocenters. The van der Waals surface area contributed by atoms with Crippen LogP contribution in [0.15, 0.2) is 61.2 Å². The van der Waals surface area contributed by atoms with Gasteiger partial charge in [-0.3, -0.25) is 4.98 Å². The number of hydrogen-bond acceptors (Lipinski definition) is 3. The second-order valence-corrected chi connectivity index (χ2v) is 7.47. The minimum atomic E-state index is -0.236. The average Bonchev–Trinajstić information content (AvgIpc) is 2.72. The lowest BCUT2D eigenvalue weighted by molar-refractivity contribution is 0.149. The van der Waals surface area contributed by atoms with Gasteiger partial charge in [0.15, 0.2) is 0 Å². The molecule has 1 aliphatic carbocycles. The van der Waals surface area contributed by atoms with Gasteiger partial charge in [0.25, 0.3) is 0 Å². The van der Waals surface area contributed by atoms with E-state index in [4.69, 9.17) is 9.47 Å². The highest BCUT2D eigenvalue weighted by Crippen LogP contribution is 2.44. The maximum absolute atomic E-state index is 14.6. The summed E-state index contributed by atoms with van der Waals surface area (Å²) in [4.78, 5) is 4.61. The fourth-order valence-corrected chi connectivity index (χ4v) is 3.63. The summed E-state index contributed by atoms with van der Waals surface area (Å²) < 4.78 is 25.9. The van der Waals surface area contributed by atoms with Crippen LogP contribution in [0.1, 0.15) is 48.4 Å². The van der Waals surface area contributed by atoms with Crippen molar-refractivity contribution in [1.82, 2.24) is 4.98 Å². The fraction of sp³-hybridized carbons (Fsp3) is 0.269. The van der Waals surface area contributed by atoms with Crippen molar-refractivity contribution in [2.75, 3.05) is 7.11 Å². The molecule has 1 heterocycles. The second-order valence-electron chi connectivity index (χ2n) is 7.47. The fourth-order valence-electron chi connectivity index (χ4n) is 3.63. The number of aromatic nitrogens is 1. The molecule has 0 aliphatic heterocycles. The van der Waals surface area contributed by atoms with E-state index < -0.39 is 0 Å². The van der Waals surface area contributed by atoms with Crippen LogP contribution in [-0.4, -0.2) is 18.2 Å². The molecule has 3 rings (SSSR count). The summed E-state index contributed by atoms with van der Waals surface area (Å²) in [7, 11) is 1.66. The zero-order chi connectivity index (χ0) is 21.8. The third kappa shape index (κ3) is 4.29. The molecular formula is C26H28FNO2. The molecule has 4 heteroatoms. The van der Waals surface area contributed by atoms with Crippen LogP contribution in [0.4, 0.5) is 4.39 Å². The van der Waals surface area contributed by atoms with Gasteiger partial charge in [0.1, 0.15) is 11.6 Å². The summed E-state index contributed by atoms with van der Waals surface area (Å²) in [6, 6.07) is 5.36. The monoisotopic (exact) mass is 405 g/mol. The lowest BCUT2D eigenvalue weighted by Crippen LogP contribution is -2.15. The Bertz CT molecular complexity index is 1040. The van der Waals surface area contributed by atoms with Crippen molar-refractivity contribution in [2.45, 2.75) is 39.2 Å². The topological polar surface area (TPSA) is 31.4 Å². The predicted molar refractivity (Wildman–Crippen MR) is 121 cm³/mol. The predicted octanol–water partition coefficient (Wildman–Crippen LogP) is 6.81. The van der Waals surface area contributed by atoms with Crippen LogP contribution in [0.25, 0.3) is 23.4 Å². The largest absolute Gasteiger partial charge is 0.466 e. The van der Waals surface area contributed by atoms with Crippen molar-refractivity contribution in [3.05, 3.63) is 89.3 Å². The molecule has 0 amide bonds. The van der Waals surface area contributed by atoms with Gasteiger partial charge in [-0.05, 0) is 74.2 Å². The van der Waals surface area contributed by atoms with Gasteiger partial charge in [0.2, 0.25) is 0 Å². The highest BCUT2D eigenvalue weighted by Gasteiger charge is 2.30. The van der Waals surface area contributed by atoms with E-state index in [2.05, 4.69) is 18.1 Å². The van der Waals surface area contributed by atoms with Crippen LogP contribution in [0.3, 0.4) is 0 Å². The lowest BCUT2D eigenvalue weighted by Gasteiger charge is -2.30. The Hall–Kier alpha value is -2.98. The molecule has 1 aromatic heterocycles. The van der Waals surface area contributed by atoms with Crippen molar-refractivity contribution in [3.63, 3.8) is 0 Å². The molecule has 0 spiro atoms. The van der Waals surface area contributed by atoms with Crippen molar-refractivity contribution in [1.29, 1.82) is 0 Å². The minimum Gasteiger partial charge on any atom is -0.466 e. The van der Waals surface area contributed by atoms with Crippen molar-refractivity contribution in [2.24, 2.45) is 0 Å². The van der Waals surface area contributed by atoms with Gasteiger partial charge in [-0.25, -0.2) is 4.39 Å². The number of rotatable bonds is 8. The molecule has 1 aromatic carbocycles. The minimum absolute atomic E-state index is 0.0387. The number of hydrogen-bond donors (Lipinski definition) is 0. The second kappa shape index (κ2) is 9.23. The molecule has 30 heavy (non-hydrogen) atoms. The van der Waals surface area contributed by atoms with Crippen molar-refractivity contribution >= 4 is 12.2 Å². The summed E-state index contributed by atoms with van der Waals surface area (Å²) in [5, 5.41) is 0. The Labute approximate surface area is 178 Å². The van der Waals surface area contributed by atoms with E-state index in [1.54, 1.807) is 38.4 Å². The first kappa shape index (κ1) is 21.7. The third-order valence-corrected chi connectivity index (χ3v) is 5.43. The molecule has 156 valence electrons. The normalized spacial score (nSPS) is 17.0. The van der Waals surface area contributed by atoms with Crippen LogP contribution in [0, 0.1) is 12.7 Å². The molecule has 0 saturated carbocycles. The van der Waals surface area contributed by atoms with Crippen molar-refractivity contribution < 1.29 is 13.9 Å². The van der Waals surface area contributed by atoms with E-state index in [0.717, 1.165) is 45.9 Å². The molecule has 0 bridgehead atoms. The third-order valence-electron chi connectivity index (χ3n) is 5.43. The van der Waals surface area contributed by atoms with Crippen LogP contribution in [0.2, 0.25) is 0 Å². The summed E-state index contributed by atoms with van der Waals surface area (Å²) in [6.45, 7) is 13.4. The zero-order valence-corrected chi connectivity index (χ0v) is 18.0. The van der Waals surface area contributed by atoms with E-state index in [0.29, 0.717) is 5.56 Å². The molecule has 2 aromatic rings. The van der Waals surface area contributed by atoms with E-state index >= 15 is 0 Å². The van der Waals surface area contributed by atoms with E-state index in [1.165, 1.54) is 0 Å². The van der Waals surface area contributed by atoms with E-state index in [1.807, 2.05) is 38.1 Å². The first-order chi connectivity index (χ1) is 14.4. The number of pyridine rings is 1. The van der Waals surface area contributed by atoms with Gasteiger partial charge < -0.3 is 9.47 Å². The standard InChI is InChI=1S/C26H28FNO2/c1-7-19-11-12-28-26(20(19)8-2)23-13-16(3)24(27)15-22(23)21-9-10-25(21)30-18(5)14-17(4)29-6/h7-8,10-15,17,21H,1-2,9H2,3-6H3/b18-14-. The Kier molecular flexibility index (Phi) is 6.68. The number of nitrogens with zero attached hydrogens (tertiary/aromatic N) is 1. The van der Waals surface area contributed by atoms with Gasteiger partial charge in [0, 0.05) is 30.4 Å². The molecule has 0 N–H and O–H groups in total. The maximum Gasteiger partial charge on any atom is 0.126 e. The van der Waals surface area contributed by atoms with Gasteiger partial charge in [-0.2, -0.15) is 0 Å². The quantitative estimate of drug-likeness (QED) is 0.452. The molecule has 0 fully saturated rings. The number of halogens is 1. The number of ether oxygens (including phenoxy) is 2. The Morgan fingerprint density at radius 3 is 2.67 bits per heavy atom. The highest BCUT2D eigenvalue weighted by molar-refractivity contribution is 5.80. The molecule has 2 atom stereocenters.